The molecule has 0 aliphatic rings. The molecule has 17 atom stereocenters. The van der Waals surface area contributed by atoms with E-state index in [0.29, 0.717) is 0 Å². The van der Waals surface area contributed by atoms with E-state index in [1.54, 1.807) is 0 Å². The molecule has 0 heterocycles. The number of carbonyl (C=O) groups is 18. The molecule has 0 radical (unpaired) electrons. The number of hydrogen-bond acceptors (Lipinski definition) is 45. The predicted molar refractivity (Wildman–Crippen MR) is 511 cm³/mol. The van der Waals surface area contributed by atoms with Crippen molar-refractivity contribution in [2.45, 2.75) is 251 Å². The quantitative estimate of drug-likeness (QED) is 0.0224. The molecule has 0 aromatic carbocycles. The summed E-state index contributed by atoms with van der Waals surface area (Å²) in [4.78, 5) is 257. The Hall–Kier alpha value is -12.2. The predicted octanol–water partition coefficient (Wildman–Crippen LogP) is 4.80. The van der Waals surface area contributed by atoms with Crippen LogP contribution < -0.4 is 0 Å². The summed E-state index contributed by atoms with van der Waals surface area (Å²) in [6.45, 7) is 36.7. The first-order valence-corrected chi connectivity index (χ1v) is 46.1. The summed E-state index contributed by atoms with van der Waals surface area (Å²) in [5.74, 6) is -22.9. The molecule has 0 fully saturated rings. The van der Waals surface area contributed by atoms with Crippen LogP contribution in [0.2, 0.25) is 0 Å². The van der Waals surface area contributed by atoms with E-state index in [2.05, 4.69) is 59.2 Å². The lowest BCUT2D eigenvalue weighted by Gasteiger charge is -2.47. The van der Waals surface area contributed by atoms with E-state index in [4.69, 9.17) is 85.3 Å². The van der Waals surface area contributed by atoms with Gasteiger partial charge in [-0.2, -0.15) is 0 Å². The molecule has 0 amide bonds. The molecule has 0 spiro atoms. The zero-order chi connectivity index (χ0) is 113. The first-order valence-electron chi connectivity index (χ1n) is 46.1. The molecule has 146 heavy (non-hydrogen) atoms. The highest BCUT2D eigenvalue weighted by atomic mass is 16.6. The number of rotatable bonds is 71. The summed E-state index contributed by atoms with van der Waals surface area (Å²) in [6, 6.07) is 0. The minimum atomic E-state index is -2.95. The van der Waals surface area contributed by atoms with Crippen molar-refractivity contribution in [3.8, 4) is 0 Å². The van der Waals surface area contributed by atoms with Crippen LogP contribution in [-0.2, 0) is 172 Å². The first kappa shape index (κ1) is 134. The van der Waals surface area contributed by atoms with Crippen LogP contribution in [0.1, 0.15) is 196 Å². The molecule has 0 rings (SSSR count). The van der Waals surface area contributed by atoms with Gasteiger partial charge in [0, 0.05) is 50.2 Å². The maximum absolute atomic E-state index is 16.5. The van der Waals surface area contributed by atoms with Gasteiger partial charge in [-0.25, -0.2) is 43.2 Å². The van der Waals surface area contributed by atoms with Crippen molar-refractivity contribution in [3.63, 3.8) is 0 Å². The van der Waals surface area contributed by atoms with Gasteiger partial charge < -0.3 is 131 Å². The highest BCUT2D eigenvalue weighted by Crippen LogP contribution is 2.57. The Kier molecular flexibility index (Phi) is 55.7. The molecule has 0 bridgehead atoms. The van der Waals surface area contributed by atoms with Crippen LogP contribution in [0, 0.1) is 48.7 Å². The van der Waals surface area contributed by atoms with Crippen LogP contribution in [0.15, 0.2) is 109 Å². The Balaban J connectivity index is 11.1. The van der Waals surface area contributed by atoms with E-state index < -0.39 is 381 Å². The van der Waals surface area contributed by atoms with Crippen molar-refractivity contribution >= 4 is 107 Å². The molecule has 45 heteroatoms. The number of ether oxygens (including phenoxy) is 18. The molecule has 0 aromatic rings. The minimum absolute atomic E-state index is 0.0814. The van der Waals surface area contributed by atoms with Gasteiger partial charge in [0.1, 0.15) is 174 Å². The largest absolute Gasteiger partial charge is 0.462 e. The average molecular weight is 2080 g/mol. The van der Waals surface area contributed by atoms with Crippen molar-refractivity contribution in [1.82, 2.24) is 0 Å². The van der Waals surface area contributed by atoms with Gasteiger partial charge in [0.15, 0.2) is 0 Å². The lowest BCUT2D eigenvalue weighted by Crippen LogP contribution is -2.52. The molecule has 0 saturated heterocycles. The average Bonchev–Trinajstić information content (AvgIpc) is 0.749. The second kappa shape index (κ2) is 60.8. The monoisotopic (exact) mass is 2080 g/mol. The summed E-state index contributed by atoms with van der Waals surface area (Å²) < 4.78 is 98.2. The summed E-state index contributed by atoms with van der Waals surface area (Å²) in [5, 5.41) is 102. The van der Waals surface area contributed by atoms with Crippen molar-refractivity contribution in [2.24, 2.45) is 48.7 Å². The topological polar surface area (TPSA) is 655 Å². The van der Waals surface area contributed by atoms with E-state index in [-0.39, 0.29) is 56.6 Å². The number of hydrogen-bond donors (Lipinski definition) is 9. The summed E-state index contributed by atoms with van der Waals surface area (Å²) in [5.41, 5.74) is -25.0. The maximum atomic E-state index is 16.5. The van der Waals surface area contributed by atoms with Crippen LogP contribution >= 0.6 is 0 Å². The summed E-state index contributed by atoms with van der Waals surface area (Å²) in [6.07, 6.45) is -27.1. The summed E-state index contributed by atoms with van der Waals surface area (Å²) >= 11 is 0. The molecule has 0 aliphatic carbocycles. The number of aliphatic hydroxyl groups excluding tert-OH is 9. The highest BCUT2D eigenvalue weighted by molar-refractivity contribution is 5.92. The molecule has 824 valence electrons. The van der Waals surface area contributed by atoms with Gasteiger partial charge in [0.2, 0.25) is 0 Å². The van der Waals surface area contributed by atoms with Gasteiger partial charge in [-0.15, -0.1) is 0 Å². The summed E-state index contributed by atoms with van der Waals surface area (Å²) in [7, 11) is 0. The first-order chi connectivity index (χ1) is 67.0. The van der Waals surface area contributed by atoms with Crippen molar-refractivity contribution in [3.05, 3.63) is 109 Å². The lowest BCUT2D eigenvalue weighted by molar-refractivity contribution is -0.181. The standard InChI is InChI=1S/C101H150O45/c1-30-94(22,85(121)139-41-67(103)32-130-76(112)58(4)5)50-96(24,87(123)141-43-69(105)34-132-78(114)60(8)9)52-98(26,89(125)143-45-71(107)36-134-80(116)62(12)13)54-100(28,91(127)145-47-73(109)38-136-82(118)64(16)17)56-101(29,92(128)146-48-74(110)39-137-83(119)65(18)19)55-99(27,90(126)144-46-72(108)37-135-81(117)63(14)15)53-97(25,88(124)142-44-70(106)35-133-79(115)61(10)11)51-95(23,86(122)140-42-68(104)33-131-77(113)59(6)7)49-93(20,21)84(120)138-40-66(102)31-129-75(111)57(2)3/h66-74,102-110H,2,4,6,8,10,12,14,16,18,30-56H2,1,3,5,7,9,11,13,15,17,19-29H3. The third-order valence-electron chi connectivity index (χ3n) is 22.0. The molecule has 9 N–H and O–H groups in total. The second-order valence-corrected chi connectivity index (χ2v) is 39.8. The van der Waals surface area contributed by atoms with E-state index in [0.717, 1.165) is 48.5 Å². The normalized spacial score (nSPS) is 16.4. The smallest absolute Gasteiger partial charge is 0.333 e. The lowest BCUT2D eigenvalue weighted by atomic mass is 9.56. The second-order valence-electron chi connectivity index (χ2n) is 39.8. The van der Waals surface area contributed by atoms with Crippen molar-refractivity contribution < 1.29 is 218 Å². The fraction of sp³-hybridized carbons (Fsp3) is 0.644. The Morgan fingerprint density at radius 1 is 0.171 bits per heavy atom. The van der Waals surface area contributed by atoms with Gasteiger partial charge in [-0.1, -0.05) is 66.1 Å². The third kappa shape index (κ3) is 47.1. The Bertz CT molecular complexity index is 4720. The molecular weight excluding hydrogens is 1930 g/mol. The highest BCUT2D eigenvalue weighted by Gasteiger charge is 2.61. The van der Waals surface area contributed by atoms with Crippen LogP contribution in [-0.4, -0.2) is 327 Å². The van der Waals surface area contributed by atoms with E-state index >= 15 is 33.6 Å². The van der Waals surface area contributed by atoms with Crippen LogP contribution in [0.4, 0.5) is 0 Å². The molecule has 0 aromatic heterocycles. The van der Waals surface area contributed by atoms with E-state index in [1.165, 1.54) is 90.0 Å². The SMILES string of the molecule is C=C(C)C(=O)OCC(O)COC(=O)C(C)(C)CC(C)(CC(C)(CC(C)(CC(C)(CC(C)(CC(C)(CC(C)(CC(C)(CC)C(=O)OCC(O)COC(=O)C(=C)C)C(=O)OCC(O)COC(=O)C(=C)C)C(=O)OCC(O)COC(=O)C(=C)C)C(=O)OCC(O)COC(=O)C(=C)C)C(=O)OCC(O)COC(=O)C(=C)C)C(=O)OCC(O)COC(=O)C(=C)C)C(=O)OCC(O)COC(=O)C(=C)C)C(=O)OCC(O)COC(=O)C(=C)C. The van der Waals surface area contributed by atoms with E-state index in [9.17, 15) is 98.7 Å². The Labute approximate surface area is 849 Å². The van der Waals surface area contributed by atoms with Crippen molar-refractivity contribution in [2.75, 3.05) is 119 Å². The molecular formula is C101H150O45. The number of carbonyl (C=O) groups excluding carboxylic acids is 18. The van der Waals surface area contributed by atoms with Crippen LogP contribution in [0.3, 0.4) is 0 Å². The fourth-order valence-corrected chi connectivity index (χ4v) is 15.1. The zero-order valence-corrected chi connectivity index (χ0v) is 87.4. The van der Waals surface area contributed by atoms with Gasteiger partial charge in [-0.05, 0) is 189 Å². The number of aliphatic hydroxyl groups is 9. The van der Waals surface area contributed by atoms with Gasteiger partial charge >= 0.3 is 107 Å². The zero-order valence-electron chi connectivity index (χ0n) is 87.4. The van der Waals surface area contributed by atoms with Gasteiger partial charge in [-0.3, -0.25) is 43.2 Å². The maximum Gasteiger partial charge on any atom is 0.333 e. The van der Waals surface area contributed by atoms with Crippen LogP contribution in [0.25, 0.3) is 0 Å². The molecule has 17 unspecified atom stereocenters. The third-order valence-corrected chi connectivity index (χ3v) is 22.0. The Morgan fingerprint density at radius 2 is 0.267 bits per heavy atom. The Morgan fingerprint density at radius 3 is 0.384 bits per heavy atom. The number of esters is 18. The fourth-order valence-electron chi connectivity index (χ4n) is 15.1. The van der Waals surface area contributed by atoms with Gasteiger partial charge in [0.25, 0.3) is 0 Å². The van der Waals surface area contributed by atoms with Gasteiger partial charge in [0.05, 0.1) is 48.7 Å². The molecule has 45 nitrogen and oxygen atoms in total. The van der Waals surface area contributed by atoms with E-state index in [1.807, 2.05) is 0 Å². The minimum Gasteiger partial charge on any atom is -0.462 e. The molecule has 0 saturated carbocycles. The van der Waals surface area contributed by atoms with Crippen molar-refractivity contribution in [1.29, 1.82) is 0 Å². The van der Waals surface area contributed by atoms with Crippen LogP contribution in [0.5, 0.6) is 0 Å². The molecule has 0 aliphatic heterocycles.